The summed E-state index contributed by atoms with van der Waals surface area (Å²) in [6, 6.07) is 5.95. The van der Waals surface area contributed by atoms with Crippen molar-refractivity contribution < 1.29 is 17.2 Å². The SMILES string of the molecule is Cc1ccc(S(=O)(=O)N(C)S(=O)[O-])cc1.[Rf]. The maximum atomic E-state index is 11.6. The molecule has 1 aromatic rings. The van der Waals surface area contributed by atoms with E-state index in [9.17, 15) is 17.2 Å². The first-order valence-corrected chi connectivity index (χ1v) is 6.48. The van der Waals surface area contributed by atoms with Gasteiger partial charge in [0, 0.05) is 18.3 Å². The summed E-state index contributed by atoms with van der Waals surface area (Å²) in [7, 11) is -2.95. The van der Waals surface area contributed by atoms with Gasteiger partial charge in [-0.05, 0) is 19.1 Å². The van der Waals surface area contributed by atoms with Crippen LogP contribution < -0.4 is 0 Å². The van der Waals surface area contributed by atoms with Crippen molar-refractivity contribution in [2.75, 3.05) is 7.05 Å². The van der Waals surface area contributed by atoms with Gasteiger partial charge in [0.1, 0.15) is 0 Å². The van der Waals surface area contributed by atoms with Crippen molar-refractivity contribution in [1.29, 1.82) is 0 Å². The Labute approximate surface area is 91.2 Å². The smallest absolute Gasteiger partial charge is 0.253 e. The van der Waals surface area contributed by atoms with Crippen LogP contribution in [-0.4, -0.2) is 27.9 Å². The van der Waals surface area contributed by atoms with Crippen LogP contribution in [0.15, 0.2) is 29.2 Å². The Balaban J connectivity index is 0.00000225. The fourth-order valence-corrected chi connectivity index (χ4v) is 2.61. The Morgan fingerprint density at radius 2 is 1.69 bits per heavy atom. The molecule has 0 aliphatic carbocycles. The summed E-state index contributed by atoms with van der Waals surface area (Å²) in [5.41, 5.74) is 0.903. The molecule has 86 valence electrons. The molecule has 1 aromatic carbocycles. The summed E-state index contributed by atoms with van der Waals surface area (Å²) in [6.07, 6.45) is 0. The van der Waals surface area contributed by atoms with E-state index < -0.39 is 21.3 Å². The molecule has 0 radical (unpaired) electrons. The number of hydrogen-bond acceptors (Lipinski definition) is 4. The Morgan fingerprint density at radius 3 is 2.06 bits per heavy atom. The van der Waals surface area contributed by atoms with Crippen molar-refractivity contribution in [2.45, 2.75) is 11.8 Å². The fourth-order valence-electron chi connectivity index (χ4n) is 0.939. The van der Waals surface area contributed by atoms with Crippen LogP contribution in [0.4, 0.5) is 0 Å². The monoisotopic (exact) mass is 515 g/mol. The molecule has 5 nitrogen and oxygen atoms in total. The topological polar surface area (TPSA) is 77.5 Å². The predicted octanol–water partition coefficient (Wildman–Crippen LogP) is 0.410. The molecule has 0 saturated carbocycles. The van der Waals surface area contributed by atoms with Gasteiger partial charge in [-0.1, -0.05) is 17.7 Å². The van der Waals surface area contributed by atoms with Gasteiger partial charge in [0.15, 0.2) is 0 Å². The molecule has 0 amide bonds. The molecule has 0 fully saturated rings. The Morgan fingerprint density at radius 1 is 1.25 bits per heavy atom. The van der Waals surface area contributed by atoms with E-state index in [0.29, 0.717) is 0 Å². The zero-order valence-electron chi connectivity index (χ0n) is 8.91. The number of aryl methyl sites for hydroxylation is 1. The van der Waals surface area contributed by atoms with Gasteiger partial charge >= 0.3 is 0 Å². The zero-order valence-corrected chi connectivity index (χ0v) is 16.9. The van der Waals surface area contributed by atoms with Crippen LogP contribution >= 0.6 is 0 Å². The molecule has 0 aliphatic rings. The molecular weight excluding hydrogens is 505 g/mol. The first-order valence-electron chi connectivity index (χ1n) is 4.00. The van der Waals surface area contributed by atoms with Crippen molar-refractivity contribution in [3.63, 3.8) is 0 Å². The normalized spacial score (nSPS) is 13.2. The van der Waals surface area contributed by atoms with Crippen molar-refractivity contribution in [2.24, 2.45) is 0 Å². The van der Waals surface area contributed by atoms with Crippen LogP contribution in [0.5, 0.6) is 0 Å². The standard InChI is InChI=1S/C8H11NO4S2.Rf/c1-7-3-5-8(6-4-7)15(12,13)9(2)14(10)11;/h3-6H,1-2H3,(H,10,11);/p-1. The maximum Gasteiger partial charge on any atom is 0.253 e. The number of rotatable bonds is 3. The van der Waals surface area contributed by atoms with E-state index in [0.717, 1.165) is 12.6 Å². The van der Waals surface area contributed by atoms with Crippen molar-refractivity contribution in [3.05, 3.63) is 29.8 Å². The first kappa shape index (κ1) is 14.2. The minimum Gasteiger partial charge on any atom is -0.759 e. The molecule has 1 rings (SSSR count). The second-order valence-corrected chi connectivity index (χ2v) is 6.13. The summed E-state index contributed by atoms with van der Waals surface area (Å²) >= 11 is -2.79. The van der Waals surface area contributed by atoms with Gasteiger partial charge in [0.05, 0.1) is 4.90 Å². The molecule has 0 saturated heterocycles. The molecule has 16 heavy (non-hydrogen) atoms. The van der Waals surface area contributed by atoms with E-state index in [1.54, 1.807) is 12.1 Å². The first-order chi connectivity index (χ1) is 6.85. The minimum absolute atomic E-state index is 0. The molecule has 0 aliphatic heterocycles. The molecular formula is C8H10NO4RfS2-. The summed E-state index contributed by atoms with van der Waals surface area (Å²) in [5, 5.41) is 0. The number of hydrogen-bond donors (Lipinski definition) is 0. The van der Waals surface area contributed by atoms with Crippen molar-refractivity contribution in [3.8, 4) is 0 Å². The minimum atomic E-state index is -3.93. The average molecular weight is 515 g/mol. The van der Waals surface area contributed by atoms with E-state index in [2.05, 4.69) is 0 Å². The van der Waals surface area contributed by atoms with Crippen molar-refractivity contribution in [1.82, 2.24) is 3.71 Å². The molecule has 1 atom stereocenters. The summed E-state index contributed by atoms with van der Waals surface area (Å²) in [6.45, 7) is 1.81. The quantitative estimate of drug-likeness (QED) is 0.547. The second kappa shape index (κ2) is 4.84. The predicted molar refractivity (Wildman–Crippen MR) is 55.0 cm³/mol. The average Bonchev–Trinajstić information content (AvgIpc) is 2.17. The van der Waals surface area contributed by atoms with Crippen LogP contribution in [-0.2, 0) is 21.3 Å². The molecule has 0 spiro atoms. The summed E-state index contributed by atoms with van der Waals surface area (Å²) < 4.78 is 44.6. The van der Waals surface area contributed by atoms with E-state index in [4.69, 9.17) is 0 Å². The van der Waals surface area contributed by atoms with Crippen LogP contribution in [0, 0.1) is 6.92 Å². The van der Waals surface area contributed by atoms with E-state index in [-0.39, 0.29) is 8.61 Å². The molecule has 0 N–H and O–H groups in total. The van der Waals surface area contributed by atoms with Gasteiger partial charge in [-0.2, -0.15) is 0 Å². The Hall–Kier alpha value is -1.76. The van der Waals surface area contributed by atoms with Crippen LogP contribution in [0.1, 0.15) is 5.56 Å². The Kier molecular flexibility index (Phi) is 4.31. The third kappa shape index (κ3) is 2.63. The number of nitrogens with zero attached hydrogens (tertiary/aromatic N) is 1. The van der Waals surface area contributed by atoms with E-state index >= 15 is 0 Å². The molecule has 8 heteroatoms. The van der Waals surface area contributed by atoms with Gasteiger partial charge in [-0.3, -0.25) is 4.21 Å². The Bertz CT molecular complexity index is 471. The van der Waals surface area contributed by atoms with Crippen molar-refractivity contribution >= 4 is 21.3 Å². The number of sulfonamides is 1. The summed E-state index contributed by atoms with van der Waals surface area (Å²) in [5.74, 6) is 0. The maximum absolute atomic E-state index is 11.6. The molecule has 0 bridgehead atoms. The van der Waals surface area contributed by atoms with E-state index in [1.165, 1.54) is 12.1 Å². The van der Waals surface area contributed by atoms with Crippen LogP contribution in [0.25, 0.3) is 0 Å². The van der Waals surface area contributed by atoms with Crippen LogP contribution in [0.3, 0.4) is 0 Å². The third-order valence-corrected chi connectivity index (χ3v) is 4.79. The largest absolute Gasteiger partial charge is 0.759 e. The van der Waals surface area contributed by atoms with E-state index in [1.807, 2.05) is 6.92 Å². The van der Waals surface area contributed by atoms with Crippen LogP contribution in [0.2, 0.25) is 0 Å². The van der Waals surface area contributed by atoms with Gasteiger partial charge in [0.2, 0.25) is 0 Å². The van der Waals surface area contributed by atoms with Gasteiger partial charge < -0.3 is 4.55 Å². The fraction of sp³-hybridized carbons (Fsp3) is 0.250. The summed E-state index contributed by atoms with van der Waals surface area (Å²) in [4.78, 5) is -0.0419. The van der Waals surface area contributed by atoms with Gasteiger partial charge in [-0.25, -0.2) is 8.42 Å². The number of benzene rings is 1. The van der Waals surface area contributed by atoms with Gasteiger partial charge in [-0.15, -0.1) is 3.71 Å². The zero-order chi connectivity index (χ0) is 11.6. The second-order valence-electron chi connectivity index (χ2n) is 2.94. The molecule has 0 aromatic heterocycles. The third-order valence-electron chi connectivity index (χ3n) is 1.87. The van der Waals surface area contributed by atoms with Gasteiger partial charge in [0.25, 0.3) is 10.0 Å². The molecule has 1 unspecified atom stereocenters. The molecule has 0 heterocycles.